The van der Waals surface area contributed by atoms with Gasteiger partial charge in [-0.3, -0.25) is 14.1 Å². The summed E-state index contributed by atoms with van der Waals surface area (Å²) in [5.74, 6) is -0.127. The summed E-state index contributed by atoms with van der Waals surface area (Å²) in [7, 11) is -1.29. The summed E-state index contributed by atoms with van der Waals surface area (Å²) in [6, 6.07) is 1.26. The second-order valence-corrected chi connectivity index (χ2v) is 9.74. The first kappa shape index (κ1) is 19.6. The molecule has 0 spiro atoms. The maximum atomic E-state index is 12.1. The van der Waals surface area contributed by atoms with E-state index in [1.165, 1.54) is 0 Å². The van der Waals surface area contributed by atoms with E-state index in [2.05, 4.69) is 10.4 Å². The molecule has 2 aromatic rings. The van der Waals surface area contributed by atoms with Crippen molar-refractivity contribution < 1.29 is 13.2 Å². The van der Waals surface area contributed by atoms with Gasteiger partial charge in [0.15, 0.2) is 15.5 Å². The van der Waals surface area contributed by atoms with Gasteiger partial charge in [0.1, 0.15) is 0 Å². The van der Waals surface area contributed by atoms with E-state index in [0.29, 0.717) is 26.9 Å². The van der Waals surface area contributed by atoms with Crippen LogP contribution in [-0.4, -0.2) is 64.5 Å². The van der Waals surface area contributed by atoms with Gasteiger partial charge in [-0.25, -0.2) is 13.1 Å². The Morgan fingerprint density at radius 3 is 2.88 bits per heavy atom. The average molecular weight is 438 g/mol. The van der Waals surface area contributed by atoms with E-state index < -0.39 is 9.84 Å². The zero-order chi connectivity index (χ0) is 19.1. The van der Waals surface area contributed by atoms with Gasteiger partial charge in [-0.15, -0.1) is 5.10 Å². The molecule has 142 valence electrons. The van der Waals surface area contributed by atoms with Crippen LogP contribution in [0.25, 0.3) is 5.65 Å². The second-order valence-electron chi connectivity index (χ2n) is 6.31. The average Bonchev–Trinajstić information content (AvgIpc) is 3.00. The number of nitrogens with zero attached hydrogens (tertiary/aromatic N) is 4. The van der Waals surface area contributed by atoms with Crippen LogP contribution in [0.15, 0.2) is 12.3 Å². The smallest absolute Gasteiger partial charge is 0.234 e. The van der Waals surface area contributed by atoms with Gasteiger partial charge in [0, 0.05) is 12.2 Å². The minimum Gasteiger partial charge on any atom is -0.351 e. The SMILES string of the molecule is CN(CC(=O)NC1CCS(=O)(=O)C1)Cn1nc2c(Cl)cc(Cl)cn2c1=S. The number of aromatic nitrogens is 3. The summed E-state index contributed by atoms with van der Waals surface area (Å²) in [6.45, 7) is 0.353. The van der Waals surface area contributed by atoms with Crippen molar-refractivity contribution in [1.82, 2.24) is 24.4 Å². The molecule has 0 bridgehead atoms. The third-order valence-electron chi connectivity index (χ3n) is 3.99. The summed E-state index contributed by atoms with van der Waals surface area (Å²) in [5, 5.41) is 7.93. The fourth-order valence-electron chi connectivity index (χ4n) is 2.84. The molecule has 3 rings (SSSR count). The summed E-state index contributed by atoms with van der Waals surface area (Å²) in [4.78, 5) is 13.8. The Labute approximate surface area is 165 Å². The molecule has 1 fully saturated rings. The fourth-order valence-corrected chi connectivity index (χ4v) is 5.26. The van der Waals surface area contributed by atoms with Gasteiger partial charge in [-0.05, 0) is 31.8 Å². The Hall–Kier alpha value is -1.20. The molecule has 1 amide bonds. The Bertz CT molecular complexity index is 1020. The number of fused-ring (bicyclic) bond motifs is 1. The molecular formula is C14H17Cl2N5O3S2. The molecule has 1 saturated heterocycles. The van der Waals surface area contributed by atoms with Crippen molar-refractivity contribution in [3.63, 3.8) is 0 Å². The van der Waals surface area contributed by atoms with Gasteiger partial charge in [0.25, 0.3) is 0 Å². The number of carbonyl (C=O) groups excluding carboxylic acids is 1. The first-order valence-corrected chi connectivity index (χ1v) is 10.8. The molecule has 1 N–H and O–H groups in total. The van der Waals surface area contributed by atoms with Crippen LogP contribution in [0.4, 0.5) is 0 Å². The van der Waals surface area contributed by atoms with Crippen molar-refractivity contribution >= 4 is 56.8 Å². The third kappa shape index (κ3) is 4.37. The third-order valence-corrected chi connectivity index (χ3v) is 6.65. The standard InChI is InChI=1S/C14H17Cl2N5O3S2/c1-19(6-12(22)17-10-2-3-26(23,24)7-10)8-21-14(25)20-5-9(15)4-11(16)13(20)18-21/h4-5,10H,2-3,6-8H2,1H3,(H,17,22). The molecule has 0 aliphatic carbocycles. The highest BCUT2D eigenvalue weighted by Gasteiger charge is 2.29. The highest BCUT2D eigenvalue weighted by atomic mass is 35.5. The molecule has 2 aromatic heterocycles. The van der Waals surface area contributed by atoms with Crippen LogP contribution in [0, 0.1) is 4.77 Å². The second kappa shape index (κ2) is 7.43. The summed E-state index contributed by atoms with van der Waals surface area (Å²) < 4.78 is 26.5. The van der Waals surface area contributed by atoms with E-state index >= 15 is 0 Å². The van der Waals surface area contributed by atoms with Gasteiger partial charge in [0.05, 0.1) is 34.8 Å². The lowest BCUT2D eigenvalue weighted by Gasteiger charge is -2.17. The molecule has 1 aliphatic rings. The number of nitrogens with one attached hydrogen (secondary N) is 1. The quantitative estimate of drug-likeness (QED) is 0.710. The van der Waals surface area contributed by atoms with Gasteiger partial charge < -0.3 is 5.32 Å². The molecule has 1 aliphatic heterocycles. The largest absolute Gasteiger partial charge is 0.351 e. The van der Waals surface area contributed by atoms with E-state index in [-0.39, 0.29) is 36.7 Å². The molecular weight excluding hydrogens is 421 g/mol. The van der Waals surface area contributed by atoms with Gasteiger partial charge >= 0.3 is 0 Å². The molecule has 0 radical (unpaired) electrons. The van der Waals surface area contributed by atoms with Crippen molar-refractivity contribution in [2.75, 3.05) is 25.1 Å². The van der Waals surface area contributed by atoms with Crippen molar-refractivity contribution in [2.24, 2.45) is 0 Å². The maximum absolute atomic E-state index is 12.1. The minimum atomic E-state index is -3.03. The topological polar surface area (TPSA) is 88.7 Å². The number of halogens is 2. The Morgan fingerprint density at radius 1 is 1.50 bits per heavy atom. The fraction of sp³-hybridized carbons (Fsp3) is 0.500. The maximum Gasteiger partial charge on any atom is 0.234 e. The monoisotopic (exact) mass is 437 g/mol. The van der Waals surface area contributed by atoms with Gasteiger partial charge in [0.2, 0.25) is 10.7 Å². The zero-order valence-corrected chi connectivity index (χ0v) is 17.0. The number of rotatable bonds is 5. The van der Waals surface area contributed by atoms with Crippen molar-refractivity contribution in [3.8, 4) is 0 Å². The van der Waals surface area contributed by atoms with Crippen LogP contribution in [-0.2, 0) is 21.3 Å². The molecule has 3 heterocycles. The summed E-state index contributed by atoms with van der Waals surface area (Å²) in [6.07, 6.45) is 2.08. The normalized spacial score (nSPS) is 19.3. The highest BCUT2D eigenvalue weighted by molar-refractivity contribution is 7.91. The van der Waals surface area contributed by atoms with Crippen molar-refractivity contribution in [3.05, 3.63) is 27.1 Å². The Morgan fingerprint density at radius 2 is 2.23 bits per heavy atom. The van der Waals surface area contributed by atoms with Crippen LogP contribution >= 0.6 is 35.4 Å². The molecule has 0 saturated carbocycles. The number of hydrogen-bond donors (Lipinski definition) is 1. The van der Waals surface area contributed by atoms with Gasteiger partial charge in [-0.2, -0.15) is 0 Å². The number of hydrogen-bond acceptors (Lipinski definition) is 6. The predicted molar refractivity (Wildman–Crippen MR) is 102 cm³/mol. The number of carbonyl (C=O) groups is 1. The molecule has 1 unspecified atom stereocenters. The van der Waals surface area contributed by atoms with Crippen molar-refractivity contribution in [1.29, 1.82) is 0 Å². The first-order valence-electron chi connectivity index (χ1n) is 7.77. The van der Waals surface area contributed by atoms with Crippen molar-refractivity contribution in [2.45, 2.75) is 19.1 Å². The van der Waals surface area contributed by atoms with Crippen LogP contribution in [0.2, 0.25) is 10.0 Å². The summed E-state index contributed by atoms with van der Waals surface area (Å²) in [5.41, 5.74) is 0.482. The lowest BCUT2D eigenvalue weighted by molar-refractivity contribution is -0.122. The van der Waals surface area contributed by atoms with E-state index in [1.807, 2.05) is 0 Å². The molecule has 0 aromatic carbocycles. The predicted octanol–water partition coefficient (Wildman–Crippen LogP) is 1.36. The van der Waals surface area contributed by atoms with Crippen LogP contribution < -0.4 is 5.32 Å². The van der Waals surface area contributed by atoms with Crippen LogP contribution in [0.5, 0.6) is 0 Å². The highest BCUT2D eigenvalue weighted by Crippen LogP contribution is 2.21. The number of sulfone groups is 1. The number of likely N-dealkylation sites (N-methyl/N-ethyl adjacent to an activating group) is 1. The number of pyridine rings is 1. The Balaban J connectivity index is 1.65. The number of amides is 1. The van der Waals surface area contributed by atoms with Crippen LogP contribution in [0.3, 0.4) is 0 Å². The van der Waals surface area contributed by atoms with E-state index in [0.717, 1.165) is 0 Å². The molecule has 1 atom stereocenters. The minimum absolute atomic E-state index is 0.000787. The molecule has 12 heteroatoms. The van der Waals surface area contributed by atoms with E-state index in [1.54, 1.807) is 33.3 Å². The molecule has 26 heavy (non-hydrogen) atoms. The first-order chi connectivity index (χ1) is 12.1. The summed E-state index contributed by atoms with van der Waals surface area (Å²) >= 11 is 17.5. The lowest BCUT2D eigenvalue weighted by atomic mass is 10.2. The van der Waals surface area contributed by atoms with E-state index in [4.69, 9.17) is 35.4 Å². The molecule has 8 nitrogen and oxygen atoms in total. The lowest BCUT2D eigenvalue weighted by Crippen LogP contribution is -2.42. The Kier molecular flexibility index (Phi) is 5.59. The van der Waals surface area contributed by atoms with E-state index in [9.17, 15) is 13.2 Å². The van der Waals surface area contributed by atoms with Crippen LogP contribution in [0.1, 0.15) is 6.42 Å². The van der Waals surface area contributed by atoms with Gasteiger partial charge in [-0.1, -0.05) is 23.2 Å². The zero-order valence-electron chi connectivity index (χ0n) is 13.9.